The van der Waals surface area contributed by atoms with Crippen molar-refractivity contribution in [2.75, 3.05) is 6.61 Å². The van der Waals surface area contributed by atoms with E-state index in [1.54, 1.807) is 36.4 Å². The number of Topliss-reactive ketones (excluding diaryl/α,β-unsaturated/α-hetero) is 1. The lowest BCUT2D eigenvalue weighted by atomic mass is 9.87. The molecule has 0 aromatic heterocycles. The van der Waals surface area contributed by atoms with Crippen LogP contribution < -0.4 is 4.74 Å². The average Bonchev–Trinajstić information content (AvgIpc) is 3.08. The molecule has 0 bridgehead atoms. The van der Waals surface area contributed by atoms with Gasteiger partial charge in [-0.25, -0.2) is 9.59 Å². The van der Waals surface area contributed by atoms with Gasteiger partial charge in [-0.15, -0.1) is 0 Å². The Hall–Kier alpha value is -5.57. The van der Waals surface area contributed by atoms with E-state index in [4.69, 9.17) is 9.47 Å². The van der Waals surface area contributed by atoms with E-state index >= 15 is 0 Å². The van der Waals surface area contributed by atoms with Crippen molar-refractivity contribution in [2.45, 2.75) is 46.0 Å². The number of esters is 2. The summed E-state index contributed by atoms with van der Waals surface area (Å²) in [4.78, 5) is 67.9. The molecule has 2 N–H and O–H groups in total. The van der Waals surface area contributed by atoms with Crippen LogP contribution in [0.3, 0.4) is 0 Å². The number of carbonyl (C=O) groups excluding carboxylic acids is 5. The molecule has 0 fully saturated rings. The summed E-state index contributed by atoms with van der Waals surface area (Å²) < 4.78 is 11.0. The van der Waals surface area contributed by atoms with Crippen LogP contribution in [0, 0.1) is 0 Å². The third-order valence-corrected chi connectivity index (χ3v) is 7.33. The molecule has 0 radical (unpaired) electrons. The van der Waals surface area contributed by atoms with Crippen molar-refractivity contribution in [1.29, 1.82) is 0 Å². The number of aromatic hydroxyl groups is 2. The number of phenols is 2. The Morgan fingerprint density at radius 3 is 1.76 bits per heavy atom. The maximum atomic E-state index is 14.4. The van der Waals surface area contributed by atoms with Crippen LogP contribution in [-0.4, -0.2) is 46.1 Å². The Kier molecular flexibility index (Phi) is 11.2. The molecule has 236 valence electrons. The van der Waals surface area contributed by atoms with Crippen molar-refractivity contribution in [3.63, 3.8) is 0 Å². The number of rotatable bonds is 14. The predicted molar refractivity (Wildman–Crippen MR) is 170 cm³/mol. The SMILES string of the molecule is CCCCCCCOC(=O)c1c(C(=O)c2ccccc2)c(O)c(O)c(OC(=O)c2ccccc2)c1C(=O)c1ccccc1C(C)=O. The van der Waals surface area contributed by atoms with Gasteiger partial charge in [0.15, 0.2) is 28.8 Å². The molecule has 4 rings (SSSR count). The molecule has 0 spiro atoms. The zero-order valence-electron chi connectivity index (χ0n) is 25.6. The number of ketones is 3. The van der Waals surface area contributed by atoms with Gasteiger partial charge in [-0.3, -0.25) is 14.4 Å². The van der Waals surface area contributed by atoms with Gasteiger partial charge in [0.2, 0.25) is 5.75 Å². The molecule has 46 heavy (non-hydrogen) atoms. The molecule has 4 aromatic rings. The normalized spacial score (nSPS) is 10.7. The zero-order valence-corrected chi connectivity index (χ0v) is 25.6. The minimum Gasteiger partial charge on any atom is -0.504 e. The van der Waals surface area contributed by atoms with Crippen LogP contribution in [0.15, 0.2) is 84.9 Å². The van der Waals surface area contributed by atoms with Gasteiger partial charge in [-0.2, -0.15) is 0 Å². The second kappa shape index (κ2) is 15.4. The Bertz CT molecular complexity index is 1760. The van der Waals surface area contributed by atoms with Crippen molar-refractivity contribution in [3.05, 3.63) is 124 Å². The molecule has 0 aliphatic carbocycles. The number of hydrogen-bond donors (Lipinski definition) is 2. The fraction of sp³-hybridized carbons (Fsp3) is 0.216. The number of benzene rings is 4. The van der Waals surface area contributed by atoms with E-state index in [2.05, 4.69) is 6.92 Å². The molecule has 0 aliphatic rings. The lowest BCUT2D eigenvalue weighted by Crippen LogP contribution is -2.22. The number of ether oxygens (including phenoxy) is 2. The summed E-state index contributed by atoms with van der Waals surface area (Å²) in [6.07, 6.45) is 4.17. The lowest BCUT2D eigenvalue weighted by Gasteiger charge is -2.20. The minimum absolute atomic E-state index is 0.0217. The van der Waals surface area contributed by atoms with Crippen molar-refractivity contribution in [2.24, 2.45) is 0 Å². The summed E-state index contributed by atoms with van der Waals surface area (Å²) in [5.41, 5.74) is -2.30. The largest absolute Gasteiger partial charge is 0.504 e. The standard InChI is InChI=1S/C37H34O9/c1-3-4-5-6-15-22-45-37(44)28-29(31(39)24-16-9-7-10-17-24)33(41)34(42)35(46-36(43)25-18-11-8-12-19-25)30(28)32(40)27-21-14-13-20-26(27)23(2)38/h7-14,16-21,41-42H,3-6,15,22H2,1-2H3. The van der Waals surface area contributed by atoms with E-state index in [9.17, 15) is 34.2 Å². The Morgan fingerprint density at radius 2 is 1.15 bits per heavy atom. The molecule has 9 nitrogen and oxygen atoms in total. The van der Waals surface area contributed by atoms with E-state index in [1.165, 1.54) is 55.5 Å². The fourth-order valence-corrected chi connectivity index (χ4v) is 4.97. The maximum absolute atomic E-state index is 14.4. The highest BCUT2D eigenvalue weighted by atomic mass is 16.5. The molecule has 0 aliphatic heterocycles. The van der Waals surface area contributed by atoms with Crippen LogP contribution in [0.2, 0.25) is 0 Å². The third kappa shape index (κ3) is 7.38. The van der Waals surface area contributed by atoms with Crippen LogP contribution in [0.5, 0.6) is 17.2 Å². The van der Waals surface area contributed by atoms with Crippen LogP contribution >= 0.6 is 0 Å². The summed E-state index contributed by atoms with van der Waals surface area (Å²) in [5, 5.41) is 22.6. The summed E-state index contributed by atoms with van der Waals surface area (Å²) >= 11 is 0. The van der Waals surface area contributed by atoms with E-state index in [-0.39, 0.29) is 28.9 Å². The number of unbranched alkanes of at least 4 members (excludes halogenated alkanes) is 4. The highest BCUT2D eigenvalue weighted by molar-refractivity contribution is 6.25. The molecule has 0 amide bonds. The fourth-order valence-electron chi connectivity index (χ4n) is 4.97. The molecule has 0 unspecified atom stereocenters. The first kappa shape index (κ1) is 33.3. The molecule has 0 saturated heterocycles. The highest BCUT2D eigenvalue weighted by Gasteiger charge is 2.38. The quantitative estimate of drug-likeness (QED) is 0.0494. The maximum Gasteiger partial charge on any atom is 0.343 e. The van der Waals surface area contributed by atoms with E-state index in [0.717, 1.165) is 25.7 Å². The topological polar surface area (TPSA) is 144 Å². The van der Waals surface area contributed by atoms with Crippen molar-refractivity contribution in [3.8, 4) is 17.2 Å². The van der Waals surface area contributed by atoms with Crippen LogP contribution in [0.1, 0.15) is 109 Å². The molecular weight excluding hydrogens is 588 g/mol. The van der Waals surface area contributed by atoms with Crippen LogP contribution in [0.4, 0.5) is 0 Å². The summed E-state index contributed by atoms with van der Waals surface area (Å²) in [6, 6.07) is 21.0. The monoisotopic (exact) mass is 622 g/mol. The first-order valence-corrected chi connectivity index (χ1v) is 15.0. The summed E-state index contributed by atoms with van der Waals surface area (Å²) in [7, 11) is 0. The van der Waals surface area contributed by atoms with E-state index in [1.807, 2.05) is 0 Å². The van der Waals surface area contributed by atoms with Gasteiger partial charge in [0.25, 0.3) is 0 Å². The molecule has 0 saturated carbocycles. The first-order chi connectivity index (χ1) is 22.2. The van der Waals surface area contributed by atoms with Crippen molar-refractivity contribution >= 4 is 29.3 Å². The first-order valence-electron chi connectivity index (χ1n) is 15.0. The third-order valence-electron chi connectivity index (χ3n) is 7.33. The Balaban J connectivity index is 1.99. The van der Waals surface area contributed by atoms with Gasteiger partial charge in [-0.05, 0) is 25.5 Å². The molecule has 4 aromatic carbocycles. The smallest absolute Gasteiger partial charge is 0.343 e. The number of phenolic OH excluding ortho intramolecular Hbond substituents is 2. The van der Waals surface area contributed by atoms with Crippen molar-refractivity contribution < 1.29 is 43.7 Å². The number of hydrogen-bond acceptors (Lipinski definition) is 9. The molecular formula is C37H34O9. The van der Waals surface area contributed by atoms with Crippen molar-refractivity contribution in [1.82, 2.24) is 0 Å². The Morgan fingerprint density at radius 1 is 0.587 bits per heavy atom. The van der Waals surface area contributed by atoms with E-state index < -0.39 is 63.2 Å². The second-order valence-electron chi connectivity index (χ2n) is 10.6. The van der Waals surface area contributed by atoms with Gasteiger partial charge in [0.1, 0.15) is 0 Å². The van der Waals surface area contributed by atoms with E-state index in [0.29, 0.717) is 6.42 Å². The predicted octanol–water partition coefficient (Wildman–Crippen LogP) is 7.11. The number of carbonyl (C=O) groups is 5. The molecule has 0 atom stereocenters. The van der Waals surface area contributed by atoms with Gasteiger partial charge in [0.05, 0.1) is 28.9 Å². The van der Waals surface area contributed by atoms with Gasteiger partial charge in [0, 0.05) is 16.7 Å². The summed E-state index contributed by atoms with van der Waals surface area (Å²) in [6.45, 7) is 3.24. The zero-order chi connectivity index (χ0) is 33.2. The lowest BCUT2D eigenvalue weighted by molar-refractivity contribution is 0.0489. The van der Waals surface area contributed by atoms with Crippen LogP contribution in [0.25, 0.3) is 0 Å². The van der Waals surface area contributed by atoms with Gasteiger partial charge in [-0.1, -0.05) is 105 Å². The summed E-state index contributed by atoms with van der Waals surface area (Å²) in [5.74, 6) is -7.67. The van der Waals surface area contributed by atoms with Crippen LogP contribution in [-0.2, 0) is 4.74 Å². The average molecular weight is 623 g/mol. The minimum atomic E-state index is -1.16. The molecule has 9 heteroatoms. The Labute approximate surface area is 266 Å². The highest BCUT2D eigenvalue weighted by Crippen LogP contribution is 2.46. The van der Waals surface area contributed by atoms with Gasteiger partial charge < -0.3 is 19.7 Å². The second-order valence-corrected chi connectivity index (χ2v) is 10.6. The molecule has 0 heterocycles. The van der Waals surface area contributed by atoms with Gasteiger partial charge >= 0.3 is 11.9 Å².